The highest BCUT2D eigenvalue weighted by atomic mass is 16.3. The zero-order chi connectivity index (χ0) is 21.0. The molecule has 1 aromatic carbocycles. The van der Waals surface area contributed by atoms with Crippen molar-refractivity contribution in [2.75, 3.05) is 5.32 Å². The number of rotatable bonds is 4. The number of benzene rings is 1. The Kier molecular flexibility index (Phi) is 4.28. The maximum Gasteiger partial charge on any atom is 0.332 e. The summed E-state index contributed by atoms with van der Waals surface area (Å²) in [5, 5.41) is 14.1. The van der Waals surface area contributed by atoms with E-state index in [1.54, 1.807) is 18.7 Å². The van der Waals surface area contributed by atoms with E-state index in [1.165, 1.54) is 9.13 Å². The maximum atomic E-state index is 13.3. The molecular weight excluding hydrogens is 384 g/mol. The van der Waals surface area contributed by atoms with E-state index < -0.39 is 5.69 Å². The van der Waals surface area contributed by atoms with Crippen molar-refractivity contribution in [2.45, 2.75) is 38.0 Å². The summed E-state index contributed by atoms with van der Waals surface area (Å²) in [5.41, 5.74) is 1.68. The van der Waals surface area contributed by atoms with Gasteiger partial charge in [-0.05, 0) is 36.8 Å². The van der Waals surface area contributed by atoms with Crippen LogP contribution in [0.2, 0.25) is 0 Å². The molecule has 156 valence electrons. The van der Waals surface area contributed by atoms with Gasteiger partial charge in [-0.25, -0.2) is 4.79 Å². The number of hydrogen-bond donors (Lipinski definition) is 3. The van der Waals surface area contributed by atoms with E-state index in [-0.39, 0.29) is 24.2 Å². The van der Waals surface area contributed by atoms with Crippen LogP contribution < -0.4 is 16.6 Å². The van der Waals surface area contributed by atoms with Gasteiger partial charge in [0.2, 0.25) is 5.95 Å². The number of anilines is 1. The third kappa shape index (κ3) is 2.93. The van der Waals surface area contributed by atoms with E-state index in [4.69, 9.17) is 0 Å². The summed E-state index contributed by atoms with van der Waals surface area (Å²) in [4.78, 5) is 34.0. The molecule has 3 N–H and O–H groups in total. The number of para-hydroxylation sites is 1. The van der Waals surface area contributed by atoms with E-state index in [1.807, 2.05) is 30.3 Å². The second kappa shape index (κ2) is 6.88. The van der Waals surface area contributed by atoms with Crippen molar-refractivity contribution in [2.24, 2.45) is 14.1 Å². The van der Waals surface area contributed by atoms with E-state index in [9.17, 15) is 14.7 Å². The van der Waals surface area contributed by atoms with Crippen molar-refractivity contribution in [3.8, 4) is 0 Å². The van der Waals surface area contributed by atoms with Crippen LogP contribution in [0, 0.1) is 0 Å². The van der Waals surface area contributed by atoms with E-state index in [0.717, 1.165) is 29.4 Å². The third-order valence-electron chi connectivity index (χ3n) is 6.01. The minimum atomic E-state index is -0.410. The Morgan fingerprint density at radius 1 is 1.20 bits per heavy atom. The summed E-state index contributed by atoms with van der Waals surface area (Å²) < 4.78 is 4.34. The second-order valence-corrected chi connectivity index (χ2v) is 8.09. The quantitative estimate of drug-likeness (QED) is 0.471. The van der Waals surface area contributed by atoms with Gasteiger partial charge in [-0.2, -0.15) is 4.98 Å². The van der Waals surface area contributed by atoms with Crippen molar-refractivity contribution in [3.05, 3.63) is 56.9 Å². The first-order chi connectivity index (χ1) is 14.4. The molecule has 0 spiro atoms. The summed E-state index contributed by atoms with van der Waals surface area (Å²) >= 11 is 0. The predicted octanol–water partition coefficient (Wildman–Crippen LogP) is 1.29. The number of aliphatic hydroxyl groups excluding tert-OH is 1. The molecule has 9 nitrogen and oxygen atoms in total. The smallest absolute Gasteiger partial charge is 0.332 e. The Labute approximate surface area is 171 Å². The van der Waals surface area contributed by atoms with E-state index in [0.29, 0.717) is 23.5 Å². The van der Waals surface area contributed by atoms with Crippen LogP contribution >= 0.6 is 0 Å². The molecule has 1 aliphatic carbocycles. The molecule has 3 heterocycles. The Hall–Kier alpha value is -3.33. The van der Waals surface area contributed by atoms with Gasteiger partial charge < -0.3 is 20.0 Å². The lowest BCUT2D eigenvalue weighted by Crippen LogP contribution is -2.39. The number of hydrogen-bond acceptors (Lipinski definition) is 5. The lowest BCUT2D eigenvalue weighted by Gasteiger charge is -2.12. The molecule has 30 heavy (non-hydrogen) atoms. The Morgan fingerprint density at radius 2 is 2.00 bits per heavy atom. The van der Waals surface area contributed by atoms with Gasteiger partial charge in [-0.1, -0.05) is 18.2 Å². The minimum absolute atomic E-state index is 0.0983. The molecule has 0 saturated heterocycles. The zero-order valence-corrected chi connectivity index (χ0v) is 16.9. The molecule has 0 bridgehead atoms. The average Bonchev–Trinajstić information content (AvgIpc) is 3.41. The summed E-state index contributed by atoms with van der Waals surface area (Å²) in [6, 6.07) is 9.88. The van der Waals surface area contributed by atoms with Crippen LogP contribution in [0.25, 0.3) is 22.1 Å². The first kappa shape index (κ1) is 18.7. The summed E-state index contributed by atoms with van der Waals surface area (Å²) in [6.07, 6.45) is 1.92. The van der Waals surface area contributed by atoms with Gasteiger partial charge in [-0.15, -0.1) is 0 Å². The van der Waals surface area contributed by atoms with Gasteiger partial charge >= 0.3 is 5.69 Å². The fourth-order valence-corrected chi connectivity index (χ4v) is 4.37. The first-order valence-corrected chi connectivity index (χ1v) is 10.1. The SMILES string of the molecule is Cn1c(N[C@@H]2CC[C@H](O)C2)nc2c1c(=O)n(Cc1cc3ccccc3[nH]1)c(=O)n2C. The normalized spacial score (nSPS) is 19.2. The molecule has 0 aliphatic heterocycles. The van der Waals surface area contributed by atoms with Crippen molar-refractivity contribution in [1.29, 1.82) is 0 Å². The molecule has 1 fully saturated rings. The predicted molar refractivity (Wildman–Crippen MR) is 115 cm³/mol. The summed E-state index contributed by atoms with van der Waals surface area (Å²) in [5.74, 6) is 0.527. The number of aliphatic hydroxyl groups is 1. The lowest BCUT2D eigenvalue weighted by molar-refractivity contribution is 0.182. The average molecular weight is 408 g/mol. The Morgan fingerprint density at radius 3 is 2.73 bits per heavy atom. The lowest BCUT2D eigenvalue weighted by atomic mass is 10.2. The van der Waals surface area contributed by atoms with Crippen LogP contribution in [0.15, 0.2) is 39.9 Å². The number of aromatic nitrogens is 5. The molecule has 9 heteroatoms. The zero-order valence-electron chi connectivity index (χ0n) is 16.9. The molecule has 1 saturated carbocycles. The summed E-state index contributed by atoms with van der Waals surface area (Å²) in [7, 11) is 3.39. The first-order valence-electron chi connectivity index (χ1n) is 10.1. The van der Waals surface area contributed by atoms with Crippen LogP contribution in [0.1, 0.15) is 25.0 Å². The van der Waals surface area contributed by atoms with Crippen LogP contribution in [0.4, 0.5) is 5.95 Å². The molecule has 0 amide bonds. The Bertz CT molecular complexity index is 1340. The van der Waals surface area contributed by atoms with Gasteiger partial charge in [0.1, 0.15) is 0 Å². The highest BCUT2D eigenvalue weighted by molar-refractivity contribution is 5.80. The molecule has 2 atom stereocenters. The number of imidazole rings is 1. The molecule has 0 radical (unpaired) electrons. The monoisotopic (exact) mass is 408 g/mol. The largest absolute Gasteiger partial charge is 0.393 e. The molecule has 5 rings (SSSR count). The topological polar surface area (TPSA) is 110 Å². The number of fused-ring (bicyclic) bond motifs is 2. The van der Waals surface area contributed by atoms with Crippen molar-refractivity contribution < 1.29 is 5.11 Å². The Balaban J connectivity index is 1.58. The summed E-state index contributed by atoms with van der Waals surface area (Å²) in [6.45, 7) is 0.152. The number of H-pyrrole nitrogens is 1. The molecule has 0 unspecified atom stereocenters. The van der Waals surface area contributed by atoms with Gasteiger partial charge in [0.25, 0.3) is 5.56 Å². The number of aryl methyl sites for hydroxylation is 2. The number of nitrogens with one attached hydrogen (secondary N) is 2. The third-order valence-corrected chi connectivity index (χ3v) is 6.01. The fraction of sp³-hybridized carbons (Fsp3) is 0.381. The van der Waals surface area contributed by atoms with Gasteiger partial charge in [0, 0.05) is 31.3 Å². The highest BCUT2D eigenvalue weighted by Crippen LogP contribution is 2.23. The van der Waals surface area contributed by atoms with Crippen LogP contribution in [0.5, 0.6) is 0 Å². The van der Waals surface area contributed by atoms with Gasteiger partial charge in [0.05, 0.1) is 12.6 Å². The molecule has 4 aromatic rings. The van der Waals surface area contributed by atoms with Crippen molar-refractivity contribution >= 4 is 28.0 Å². The number of nitrogens with zero attached hydrogens (tertiary/aromatic N) is 4. The van der Waals surface area contributed by atoms with E-state index >= 15 is 0 Å². The fourth-order valence-electron chi connectivity index (χ4n) is 4.37. The van der Waals surface area contributed by atoms with E-state index in [2.05, 4.69) is 15.3 Å². The minimum Gasteiger partial charge on any atom is -0.393 e. The van der Waals surface area contributed by atoms with Gasteiger partial charge in [-0.3, -0.25) is 13.9 Å². The van der Waals surface area contributed by atoms with Crippen LogP contribution in [-0.2, 0) is 20.6 Å². The standard InChI is InChI=1S/C21H24N6O3/c1-25-17-18(24-20(25)23-13-7-8-15(28)10-13)26(2)21(30)27(19(17)29)11-14-9-12-5-3-4-6-16(12)22-14/h3-6,9,13,15,22,28H,7-8,10-11H2,1-2H3,(H,23,24)/t13-,15+/m1/s1. The highest BCUT2D eigenvalue weighted by Gasteiger charge is 2.25. The molecule has 3 aromatic heterocycles. The molecular formula is C21H24N6O3. The van der Waals surface area contributed by atoms with Crippen molar-refractivity contribution in [3.63, 3.8) is 0 Å². The number of aromatic amines is 1. The van der Waals surface area contributed by atoms with Gasteiger partial charge in [0.15, 0.2) is 11.2 Å². The van der Waals surface area contributed by atoms with Crippen LogP contribution in [0.3, 0.4) is 0 Å². The second-order valence-electron chi connectivity index (χ2n) is 8.09. The maximum absolute atomic E-state index is 13.3. The molecule has 1 aliphatic rings. The van der Waals surface area contributed by atoms with Crippen molar-refractivity contribution in [1.82, 2.24) is 23.7 Å². The van der Waals surface area contributed by atoms with Crippen LogP contribution in [-0.4, -0.2) is 40.9 Å².